The lowest BCUT2D eigenvalue weighted by Gasteiger charge is -2.31. The van der Waals surface area contributed by atoms with Crippen molar-refractivity contribution in [3.05, 3.63) is 41.5 Å². The number of benzene rings is 2. The van der Waals surface area contributed by atoms with E-state index in [0.717, 1.165) is 0 Å². The minimum absolute atomic E-state index is 0.109. The lowest BCUT2D eigenvalue weighted by molar-refractivity contribution is 0.0186. The van der Waals surface area contributed by atoms with Crippen molar-refractivity contribution < 1.29 is 30.3 Å². The molecule has 3 rings (SSSR count). The van der Waals surface area contributed by atoms with E-state index in [2.05, 4.69) is 0 Å². The highest BCUT2D eigenvalue weighted by molar-refractivity contribution is 5.55. The molecule has 2 aromatic rings. The largest absolute Gasteiger partial charge is 0.504 e. The Bertz CT molecular complexity index is 697. The molecule has 0 aromatic heterocycles. The highest BCUT2D eigenvalue weighted by Crippen LogP contribution is 2.45. The molecule has 0 radical (unpaired) electrons. The number of hydrogen-bond acceptors (Lipinski definition) is 6. The fraction of sp³-hybridized carbons (Fsp3) is 0.200. The summed E-state index contributed by atoms with van der Waals surface area (Å²) in [5.41, 5.74) is 1.03. The minimum Gasteiger partial charge on any atom is -0.504 e. The van der Waals surface area contributed by atoms with Crippen molar-refractivity contribution in [3.63, 3.8) is 0 Å². The molecule has 0 bridgehead atoms. The van der Waals surface area contributed by atoms with Gasteiger partial charge in [0.1, 0.15) is 0 Å². The Morgan fingerprint density at radius 2 is 1.62 bits per heavy atom. The smallest absolute Gasteiger partial charge is 0.200 e. The van der Waals surface area contributed by atoms with Gasteiger partial charge in [-0.1, -0.05) is 12.1 Å². The Balaban J connectivity index is 2.01. The van der Waals surface area contributed by atoms with Gasteiger partial charge in [-0.15, -0.1) is 0 Å². The normalized spacial score (nSPS) is 20.6. The van der Waals surface area contributed by atoms with Crippen molar-refractivity contribution in [2.24, 2.45) is 0 Å². The number of aromatic hydroxyl groups is 4. The molecule has 5 N–H and O–H groups in total. The molecule has 0 saturated carbocycles. The average Bonchev–Trinajstić information content (AvgIpc) is 2.46. The lowest BCUT2D eigenvalue weighted by Crippen LogP contribution is -2.30. The molecule has 2 aromatic carbocycles. The quantitative estimate of drug-likeness (QED) is 0.510. The first kappa shape index (κ1) is 13.4. The summed E-state index contributed by atoms with van der Waals surface area (Å²) < 4.78 is 5.58. The van der Waals surface area contributed by atoms with E-state index >= 15 is 0 Å². The molecule has 0 amide bonds. The molecule has 1 aliphatic rings. The number of phenolic OH excluding ortho intramolecular Hbond substituents is 4. The zero-order valence-electron chi connectivity index (χ0n) is 10.9. The second-order valence-corrected chi connectivity index (χ2v) is 4.98. The number of hydrogen-bond donors (Lipinski definition) is 5. The molecule has 0 fully saturated rings. The van der Waals surface area contributed by atoms with Crippen LogP contribution in [-0.2, 0) is 6.42 Å². The summed E-state index contributed by atoms with van der Waals surface area (Å²) in [5.74, 6) is -1.18. The van der Waals surface area contributed by atoms with Crippen LogP contribution in [0.5, 0.6) is 28.7 Å². The van der Waals surface area contributed by atoms with Crippen LogP contribution in [0.1, 0.15) is 17.2 Å². The van der Waals surface area contributed by atoms with E-state index in [1.807, 2.05) is 0 Å². The molecule has 2 atom stereocenters. The molecule has 110 valence electrons. The molecule has 0 aliphatic carbocycles. The maximum absolute atomic E-state index is 10.2. The van der Waals surface area contributed by atoms with Crippen LogP contribution >= 0.6 is 0 Å². The van der Waals surface area contributed by atoms with Crippen LogP contribution in [0.3, 0.4) is 0 Å². The van der Waals surface area contributed by atoms with Gasteiger partial charge >= 0.3 is 0 Å². The minimum atomic E-state index is -0.884. The third-order valence-electron chi connectivity index (χ3n) is 3.54. The van der Waals surface area contributed by atoms with Crippen LogP contribution < -0.4 is 4.74 Å². The zero-order chi connectivity index (χ0) is 15.1. The summed E-state index contributed by atoms with van der Waals surface area (Å²) in [6.45, 7) is 0. The predicted octanol–water partition coefficient (Wildman–Crippen LogP) is 1.55. The first-order chi connectivity index (χ1) is 9.97. The number of ether oxygens (including phenoxy) is 1. The molecule has 0 spiro atoms. The molecule has 1 aliphatic heterocycles. The molecule has 0 saturated heterocycles. The van der Waals surface area contributed by atoms with Gasteiger partial charge in [0, 0.05) is 12.0 Å². The van der Waals surface area contributed by atoms with Gasteiger partial charge in [-0.2, -0.15) is 0 Å². The number of fused-ring (bicyclic) bond motifs is 1. The van der Waals surface area contributed by atoms with E-state index in [4.69, 9.17) is 4.74 Å². The summed E-state index contributed by atoms with van der Waals surface area (Å²) in [6, 6.07) is 6.98. The number of phenols is 4. The molecular formula is C15H14O6. The van der Waals surface area contributed by atoms with Gasteiger partial charge in [-0.05, 0) is 23.8 Å². The van der Waals surface area contributed by atoms with Crippen LogP contribution in [0, 0.1) is 0 Å². The van der Waals surface area contributed by atoms with E-state index in [-0.39, 0.29) is 35.2 Å². The van der Waals surface area contributed by atoms with E-state index in [9.17, 15) is 25.5 Å². The van der Waals surface area contributed by atoms with Crippen molar-refractivity contribution in [2.45, 2.75) is 18.6 Å². The summed E-state index contributed by atoms with van der Waals surface area (Å²) in [4.78, 5) is 0. The van der Waals surface area contributed by atoms with Gasteiger partial charge in [0.2, 0.25) is 5.75 Å². The van der Waals surface area contributed by atoms with Gasteiger partial charge in [0.15, 0.2) is 29.1 Å². The number of rotatable bonds is 1. The fourth-order valence-corrected chi connectivity index (χ4v) is 2.44. The second kappa shape index (κ2) is 4.75. The van der Waals surface area contributed by atoms with Gasteiger partial charge in [-0.25, -0.2) is 0 Å². The molecule has 1 heterocycles. The second-order valence-electron chi connectivity index (χ2n) is 4.98. The maximum Gasteiger partial charge on any atom is 0.200 e. The van der Waals surface area contributed by atoms with Gasteiger partial charge in [0.25, 0.3) is 0 Å². The van der Waals surface area contributed by atoms with Crippen molar-refractivity contribution in [2.75, 3.05) is 0 Å². The Hall–Kier alpha value is -2.60. The number of aliphatic hydroxyl groups excluding tert-OH is 1. The summed E-state index contributed by atoms with van der Waals surface area (Å²) in [6.07, 6.45) is -1.47. The molecule has 2 unspecified atom stereocenters. The third kappa shape index (κ3) is 2.19. The monoisotopic (exact) mass is 290 g/mol. The Morgan fingerprint density at radius 1 is 0.905 bits per heavy atom. The lowest BCUT2D eigenvalue weighted by atomic mass is 9.94. The first-order valence-electron chi connectivity index (χ1n) is 6.37. The van der Waals surface area contributed by atoms with Crippen molar-refractivity contribution >= 4 is 0 Å². The van der Waals surface area contributed by atoms with Crippen molar-refractivity contribution in [3.8, 4) is 28.7 Å². The Kier molecular flexibility index (Phi) is 3.03. The van der Waals surface area contributed by atoms with Gasteiger partial charge in [-0.3, -0.25) is 0 Å². The predicted molar refractivity (Wildman–Crippen MR) is 72.6 cm³/mol. The first-order valence-corrected chi connectivity index (χ1v) is 6.37. The molecule has 6 heteroatoms. The topological polar surface area (TPSA) is 110 Å². The van der Waals surface area contributed by atoms with Crippen LogP contribution in [-0.4, -0.2) is 31.6 Å². The summed E-state index contributed by atoms with van der Waals surface area (Å²) >= 11 is 0. The van der Waals surface area contributed by atoms with Crippen LogP contribution in [0.25, 0.3) is 0 Å². The van der Waals surface area contributed by atoms with E-state index in [0.29, 0.717) is 11.1 Å². The highest BCUT2D eigenvalue weighted by atomic mass is 16.5. The van der Waals surface area contributed by atoms with Crippen LogP contribution in [0.2, 0.25) is 0 Å². The average molecular weight is 290 g/mol. The van der Waals surface area contributed by atoms with Crippen LogP contribution in [0.4, 0.5) is 0 Å². The Morgan fingerprint density at radius 3 is 2.33 bits per heavy atom. The number of aliphatic hydroxyl groups is 1. The van der Waals surface area contributed by atoms with Gasteiger partial charge in [0.05, 0.1) is 6.10 Å². The van der Waals surface area contributed by atoms with Crippen molar-refractivity contribution in [1.82, 2.24) is 0 Å². The summed E-state index contributed by atoms with van der Waals surface area (Å²) in [5, 5.41) is 48.4. The highest BCUT2D eigenvalue weighted by Gasteiger charge is 2.32. The van der Waals surface area contributed by atoms with Crippen molar-refractivity contribution in [1.29, 1.82) is 0 Å². The third-order valence-corrected chi connectivity index (χ3v) is 3.54. The molecule has 6 nitrogen and oxygen atoms in total. The van der Waals surface area contributed by atoms with E-state index in [1.54, 1.807) is 6.07 Å². The maximum atomic E-state index is 10.2. The van der Waals surface area contributed by atoms with E-state index < -0.39 is 12.2 Å². The zero-order valence-corrected chi connectivity index (χ0v) is 10.9. The molecular weight excluding hydrogens is 276 g/mol. The standard InChI is InChI=1S/C15H14O6/c16-9-3-1-7(5-11(9)18)14-12(19)6-8-2-4-10(17)13(20)15(8)21-14/h1-5,12,14,16-20H,6H2. The fourth-order valence-electron chi connectivity index (χ4n) is 2.44. The van der Waals surface area contributed by atoms with Crippen LogP contribution in [0.15, 0.2) is 30.3 Å². The van der Waals surface area contributed by atoms with E-state index in [1.165, 1.54) is 24.3 Å². The SMILES string of the molecule is Oc1ccc(C2Oc3c(ccc(O)c3O)CC2O)cc1O. The summed E-state index contributed by atoms with van der Waals surface area (Å²) in [7, 11) is 0. The van der Waals surface area contributed by atoms with Gasteiger partial charge < -0.3 is 30.3 Å². The Labute approximate surface area is 120 Å². The molecule has 21 heavy (non-hydrogen) atoms.